The average Bonchev–Trinajstić information content (AvgIpc) is 2.83. The van der Waals surface area contributed by atoms with E-state index in [4.69, 9.17) is 4.74 Å². The van der Waals surface area contributed by atoms with Crippen molar-refractivity contribution >= 4 is 21.6 Å². The van der Waals surface area contributed by atoms with Crippen molar-refractivity contribution in [3.05, 3.63) is 89.5 Å². The van der Waals surface area contributed by atoms with Crippen LogP contribution in [0.3, 0.4) is 0 Å². The van der Waals surface area contributed by atoms with Crippen LogP contribution in [-0.2, 0) is 14.8 Å². The Bertz CT molecular complexity index is 1240. The molecule has 3 aromatic rings. The van der Waals surface area contributed by atoms with Gasteiger partial charge < -0.3 is 10.1 Å². The molecular weight excluding hydrogens is 460 g/mol. The van der Waals surface area contributed by atoms with Gasteiger partial charge in [0.25, 0.3) is 10.0 Å². The molecule has 6 nitrogen and oxygen atoms in total. The van der Waals surface area contributed by atoms with Crippen LogP contribution in [0.2, 0.25) is 0 Å². The molecule has 3 rings (SSSR count). The summed E-state index contributed by atoms with van der Waals surface area (Å²) in [6, 6.07) is 21.0. The Balaban J connectivity index is 1.94. The second-order valence-corrected chi connectivity index (χ2v) is 11.0. The molecule has 1 atom stereocenters. The molecule has 0 saturated heterocycles. The van der Waals surface area contributed by atoms with Crippen molar-refractivity contribution in [1.82, 2.24) is 5.32 Å². The first kappa shape index (κ1) is 26.3. The first-order chi connectivity index (χ1) is 16.6. The maximum atomic E-state index is 13.6. The summed E-state index contributed by atoms with van der Waals surface area (Å²) in [4.78, 5) is 13.5. The van der Waals surface area contributed by atoms with Gasteiger partial charge >= 0.3 is 0 Å². The minimum absolute atomic E-state index is 0.140. The summed E-state index contributed by atoms with van der Waals surface area (Å²) >= 11 is 0. The minimum atomic E-state index is -3.96. The molecule has 0 aromatic heterocycles. The monoisotopic (exact) mass is 494 g/mol. The smallest absolute Gasteiger partial charge is 0.264 e. The minimum Gasteiger partial charge on any atom is -0.497 e. The number of nitrogens with zero attached hydrogens (tertiary/aromatic N) is 1. The molecule has 0 aliphatic rings. The molecule has 0 spiro atoms. The second kappa shape index (κ2) is 11.4. The lowest BCUT2D eigenvalue weighted by Crippen LogP contribution is -2.42. The van der Waals surface area contributed by atoms with Crippen LogP contribution in [0.5, 0.6) is 5.75 Å². The molecule has 35 heavy (non-hydrogen) atoms. The topological polar surface area (TPSA) is 75.7 Å². The van der Waals surface area contributed by atoms with Crippen LogP contribution < -0.4 is 14.4 Å². The van der Waals surface area contributed by atoms with E-state index < -0.39 is 10.0 Å². The van der Waals surface area contributed by atoms with Crippen LogP contribution >= 0.6 is 0 Å². The zero-order chi connectivity index (χ0) is 25.6. The summed E-state index contributed by atoms with van der Waals surface area (Å²) in [5, 5.41) is 3.07. The number of anilines is 1. The van der Waals surface area contributed by atoms with Gasteiger partial charge in [-0.15, -0.1) is 0 Å². The van der Waals surface area contributed by atoms with Gasteiger partial charge in [0.1, 0.15) is 12.3 Å². The highest BCUT2D eigenvalue weighted by Gasteiger charge is 2.29. The van der Waals surface area contributed by atoms with Gasteiger partial charge in [0.05, 0.1) is 23.7 Å². The molecule has 0 aliphatic carbocycles. The Kier molecular flexibility index (Phi) is 8.57. The van der Waals surface area contributed by atoms with Gasteiger partial charge in [-0.3, -0.25) is 9.10 Å². The molecule has 0 fully saturated rings. The van der Waals surface area contributed by atoms with E-state index in [0.717, 1.165) is 22.4 Å². The van der Waals surface area contributed by atoms with Crippen LogP contribution in [0, 0.1) is 19.8 Å². The van der Waals surface area contributed by atoms with Crippen molar-refractivity contribution in [3.8, 4) is 5.75 Å². The third-order valence-electron chi connectivity index (χ3n) is 5.80. The van der Waals surface area contributed by atoms with E-state index in [1.165, 1.54) is 4.31 Å². The van der Waals surface area contributed by atoms with Gasteiger partial charge in [0.2, 0.25) is 5.91 Å². The summed E-state index contributed by atoms with van der Waals surface area (Å²) in [5.74, 6) is 0.690. The van der Waals surface area contributed by atoms with E-state index in [2.05, 4.69) is 19.2 Å². The first-order valence-corrected chi connectivity index (χ1v) is 13.1. The van der Waals surface area contributed by atoms with Crippen LogP contribution in [0.1, 0.15) is 43.0 Å². The fourth-order valence-electron chi connectivity index (χ4n) is 4.06. The highest BCUT2D eigenvalue weighted by Crippen LogP contribution is 2.28. The van der Waals surface area contributed by atoms with Crippen molar-refractivity contribution < 1.29 is 17.9 Å². The van der Waals surface area contributed by atoms with E-state index in [0.29, 0.717) is 18.0 Å². The lowest BCUT2D eigenvalue weighted by Gasteiger charge is -2.28. The number of sulfonamides is 1. The maximum Gasteiger partial charge on any atom is 0.264 e. The molecular formula is C28H34N2O4S. The van der Waals surface area contributed by atoms with Gasteiger partial charge in [-0.25, -0.2) is 8.42 Å². The number of hydrogen-bond acceptors (Lipinski definition) is 4. The van der Waals surface area contributed by atoms with Gasteiger partial charge in [-0.2, -0.15) is 0 Å². The Labute approximate surface area is 209 Å². The molecule has 0 aliphatic heterocycles. The number of ether oxygens (including phenoxy) is 1. The van der Waals surface area contributed by atoms with Crippen LogP contribution in [-0.4, -0.2) is 28.0 Å². The van der Waals surface area contributed by atoms with Crippen molar-refractivity contribution in [2.75, 3.05) is 18.0 Å². The molecule has 0 radical (unpaired) electrons. The van der Waals surface area contributed by atoms with E-state index in [1.807, 2.05) is 50.2 Å². The maximum absolute atomic E-state index is 13.6. The predicted octanol–water partition coefficient (Wildman–Crippen LogP) is 5.41. The summed E-state index contributed by atoms with van der Waals surface area (Å²) in [7, 11) is -2.35. The number of carbonyl (C=O) groups excluding carboxylic acids is 1. The zero-order valence-electron chi connectivity index (χ0n) is 21.0. The lowest BCUT2D eigenvalue weighted by molar-refractivity contribution is -0.120. The normalized spacial score (nSPS) is 12.3. The quantitative estimate of drug-likeness (QED) is 0.409. The Morgan fingerprint density at radius 2 is 1.63 bits per heavy atom. The van der Waals surface area contributed by atoms with E-state index in [9.17, 15) is 13.2 Å². The zero-order valence-corrected chi connectivity index (χ0v) is 21.8. The number of rotatable bonds is 10. The molecule has 0 unspecified atom stereocenters. The Hall–Kier alpha value is -3.32. The third kappa shape index (κ3) is 6.63. The van der Waals surface area contributed by atoms with Crippen molar-refractivity contribution in [2.24, 2.45) is 5.92 Å². The molecule has 1 N–H and O–H groups in total. The average molecular weight is 495 g/mol. The van der Waals surface area contributed by atoms with E-state index >= 15 is 0 Å². The predicted molar refractivity (Wildman–Crippen MR) is 140 cm³/mol. The van der Waals surface area contributed by atoms with Gasteiger partial charge in [-0.05, 0) is 67.6 Å². The van der Waals surface area contributed by atoms with E-state index in [-0.39, 0.29) is 23.4 Å². The summed E-state index contributed by atoms with van der Waals surface area (Å²) < 4.78 is 33.7. The number of amides is 1. The number of hydrogen-bond donors (Lipinski definition) is 1. The van der Waals surface area contributed by atoms with Gasteiger partial charge in [0, 0.05) is 0 Å². The Morgan fingerprint density at radius 1 is 0.971 bits per heavy atom. The summed E-state index contributed by atoms with van der Waals surface area (Å²) in [6.07, 6.45) is 0.715. The molecule has 1 amide bonds. The molecule has 0 bridgehead atoms. The summed E-state index contributed by atoms with van der Waals surface area (Å²) in [6.45, 7) is 7.65. The molecule has 3 aromatic carbocycles. The van der Waals surface area contributed by atoms with Crippen LogP contribution in [0.4, 0.5) is 5.69 Å². The van der Waals surface area contributed by atoms with Crippen LogP contribution in [0.15, 0.2) is 77.7 Å². The largest absolute Gasteiger partial charge is 0.497 e. The summed E-state index contributed by atoms with van der Waals surface area (Å²) in [5.41, 5.74) is 3.23. The van der Waals surface area contributed by atoms with Crippen molar-refractivity contribution in [3.63, 3.8) is 0 Å². The highest BCUT2D eigenvalue weighted by atomic mass is 32.2. The fourth-order valence-corrected chi connectivity index (χ4v) is 5.57. The highest BCUT2D eigenvalue weighted by molar-refractivity contribution is 7.92. The van der Waals surface area contributed by atoms with Crippen LogP contribution in [0.25, 0.3) is 0 Å². The second-order valence-electron chi connectivity index (χ2n) is 9.14. The molecule has 0 saturated carbocycles. The van der Waals surface area contributed by atoms with E-state index in [1.54, 1.807) is 43.5 Å². The SMILES string of the molecule is COc1ccc([C@H](CC(C)C)NC(=O)CN(c2ccc(C)cc2C)S(=O)(=O)c2ccccc2)cc1. The lowest BCUT2D eigenvalue weighted by atomic mass is 9.97. The first-order valence-electron chi connectivity index (χ1n) is 11.7. The number of carbonyl (C=O) groups is 1. The number of methoxy groups -OCH3 is 1. The fraction of sp³-hybridized carbons (Fsp3) is 0.321. The van der Waals surface area contributed by atoms with Crippen molar-refractivity contribution in [1.29, 1.82) is 0 Å². The standard InChI is InChI=1S/C28H34N2O4S/c1-20(2)17-26(23-12-14-24(34-5)15-13-23)29-28(31)19-30(27-16-11-21(3)18-22(27)4)35(32,33)25-9-7-6-8-10-25/h6-16,18,20,26H,17,19H2,1-5H3,(H,29,31)/t26-/m0/s1. The number of aryl methyl sites for hydroxylation is 2. The molecule has 186 valence electrons. The van der Waals surface area contributed by atoms with Gasteiger partial charge in [0.15, 0.2) is 0 Å². The number of benzene rings is 3. The Morgan fingerprint density at radius 3 is 2.20 bits per heavy atom. The van der Waals surface area contributed by atoms with Gasteiger partial charge in [-0.1, -0.05) is 61.9 Å². The molecule has 0 heterocycles. The third-order valence-corrected chi connectivity index (χ3v) is 7.57. The van der Waals surface area contributed by atoms with Crippen molar-refractivity contribution in [2.45, 2.75) is 45.1 Å². The number of nitrogens with one attached hydrogen (secondary N) is 1. The molecule has 7 heteroatoms.